The molecular formula is C11H17FN4. The predicted molar refractivity (Wildman–Crippen MR) is 58.8 cm³/mol. The van der Waals surface area contributed by atoms with Crippen molar-refractivity contribution in [3.63, 3.8) is 0 Å². The minimum atomic E-state index is -1.16. The van der Waals surface area contributed by atoms with Gasteiger partial charge in [-0.05, 0) is 39.0 Å². The highest BCUT2D eigenvalue weighted by molar-refractivity contribution is 5.27. The Morgan fingerprint density at radius 2 is 2.19 bits per heavy atom. The van der Waals surface area contributed by atoms with Gasteiger partial charge in [-0.3, -0.25) is 0 Å². The molecule has 5 heteroatoms. The van der Waals surface area contributed by atoms with Crippen molar-refractivity contribution in [3.05, 3.63) is 18.0 Å². The largest absolute Gasteiger partial charge is 0.323 e. The van der Waals surface area contributed by atoms with Crippen molar-refractivity contribution in [3.8, 4) is 0 Å². The molecular weight excluding hydrogens is 207 g/mol. The third kappa shape index (κ3) is 1.13. The van der Waals surface area contributed by atoms with Gasteiger partial charge in [0, 0.05) is 17.3 Å². The fourth-order valence-corrected chi connectivity index (χ4v) is 3.10. The van der Waals surface area contributed by atoms with Gasteiger partial charge in [-0.25, -0.2) is 9.07 Å². The Hall–Kier alpha value is -0.940. The van der Waals surface area contributed by atoms with E-state index in [1.54, 1.807) is 6.20 Å². The number of fused-ring (bicyclic) bond motifs is 2. The van der Waals surface area contributed by atoms with E-state index in [4.69, 9.17) is 5.73 Å². The zero-order valence-corrected chi connectivity index (χ0v) is 9.43. The van der Waals surface area contributed by atoms with Gasteiger partial charge >= 0.3 is 0 Å². The molecule has 2 atom stereocenters. The SMILES string of the molecule is CN1CCC2(CC1)c1ccnn1C(F)C2N. The van der Waals surface area contributed by atoms with Gasteiger partial charge < -0.3 is 10.6 Å². The second-order valence-electron chi connectivity index (χ2n) is 5.02. The fraction of sp³-hybridized carbons (Fsp3) is 0.727. The van der Waals surface area contributed by atoms with Crippen LogP contribution in [-0.2, 0) is 5.41 Å². The van der Waals surface area contributed by atoms with E-state index in [1.807, 2.05) is 6.07 Å². The van der Waals surface area contributed by atoms with Crippen molar-refractivity contribution >= 4 is 0 Å². The summed E-state index contributed by atoms with van der Waals surface area (Å²) in [7, 11) is 2.09. The van der Waals surface area contributed by atoms with E-state index in [0.717, 1.165) is 31.6 Å². The van der Waals surface area contributed by atoms with Crippen molar-refractivity contribution < 1.29 is 4.39 Å². The number of nitrogens with zero attached hydrogens (tertiary/aromatic N) is 3. The van der Waals surface area contributed by atoms with E-state index in [-0.39, 0.29) is 5.41 Å². The first kappa shape index (κ1) is 10.2. The summed E-state index contributed by atoms with van der Waals surface area (Å²) < 4.78 is 15.5. The van der Waals surface area contributed by atoms with Crippen molar-refractivity contribution in [1.29, 1.82) is 0 Å². The van der Waals surface area contributed by atoms with Crippen LogP contribution in [0.1, 0.15) is 24.8 Å². The molecule has 1 spiro atoms. The summed E-state index contributed by atoms with van der Waals surface area (Å²) in [4.78, 5) is 2.27. The molecule has 4 nitrogen and oxygen atoms in total. The molecule has 1 aromatic heterocycles. The zero-order valence-electron chi connectivity index (χ0n) is 9.43. The lowest BCUT2D eigenvalue weighted by atomic mass is 9.72. The van der Waals surface area contributed by atoms with E-state index in [0.29, 0.717) is 0 Å². The number of alkyl halides is 1. The Morgan fingerprint density at radius 1 is 1.50 bits per heavy atom. The second-order valence-corrected chi connectivity index (χ2v) is 5.02. The lowest BCUT2D eigenvalue weighted by Gasteiger charge is -2.40. The van der Waals surface area contributed by atoms with Crippen LogP contribution in [0.25, 0.3) is 0 Å². The predicted octanol–water partition coefficient (Wildman–Crippen LogP) is 0.656. The standard InChI is InChI=1S/C11H17FN4/c1-15-6-3-11(4-7-15)8-2-5-14-16(8)10(12)9(11)13/h2,5,9-10H,3-4,6-7,13H2,1H3. The van der Waals surface area contributed by atoms with Crippen LogP contribution in [0, 0.1) is 0 Å². The molecule has 2 unspecified atom stereocenters. The van der Waals surface area contributed by atoms with Crippen LogP contribution >= 0.6 is 0 Å². The summed E-state index contributed by atoms with van der Waals surface area (Å²) in [5.41, 5.74) is 6.87. The van der Waals surface area contributed by atoms with Gasteiger partial charge in [0.25, 0.3) is 0 Å². The van der Waals surface area contributed by atoms with Crippen LogP contribution in [0.3, 0.4) is 0 Å². The van der Waals surface area contributed by atoms with Crippen molar-refractivity contribution in [2.75, 3.05) is 20.1 Å². The molecule has 3 rings (SSSR count). The average molecular weight is 224 g/mol. The van der Waals surface area contributed by atoms with E-state index in [1.165, 1.54) is 4.68 Å². The molecule has 1 fully saturated rings. The fourth-order valence-electron chi connectivity index (χ4n) is 3.10. The maximum absolute atomic E-state index is 14.0. The zero-order chi connectivity index (χ0) is 11.3. The summed E-state index contributed by atoms with van der Waals surface area (Å²) in [6, 6.07) is 1.48. The number of hydrogen-bond acceptors (Lipinski definition) is 3. The van der Waals surface area contributed by atoms with Crippen molar-refractivity contribution in [2.24, 2.45) is 5.73 Å². The number of halogens is 1. The van der Waals surface area contributed by atoms with Gasteiger partial charge in [-0.15, -0.1) is 0 Å². The molecule has 0 radical (unpaired) electrons. The third-order valence-corrected chi connectivity index (χ3v) is 4.23. The normalized spacial score (nSPS) is 33.2. The molecule has 2 aliphatic heterocycles. The molecule has 88 valence electrons. The van der Waals surface area contributed by atoms with Gasteiger partial charge in [-0.1, -0.05) is 0 Å². The minimum absolute atomic E-state index is 0.192. The minimum Gasteiger partial charge on any atom is -0.323 e. The van der Waals surface area contributed by atoms with Gasteiger partial charge in [0.2, 0.25) is 6.30 Å². The topological polar surface area (TPSA) is 47.1 Å². The molecule has 0 bridgehead atoms. The maximum atomic E-state index is 14.0. The molecule has 0 aliphatic carbocycles. The quantitative estimate of drug-likeness (QED) is 0.704. The van der Waals surface area contributed by atoms with Crippen molar-refractivity contribution in [1.82, 2.24) is 14.7 Å². The number of rotatable bonds is 0. The smallest absolute Gasteiger partial charge is 0.207 e. The summed E-state index contributed by atoms with van der Waals surface area (Å²) in [6.45, 7) is 1.96. The summed E-state index contributed by atoms with van der Waals surface area (Å²) >= 11 is 0. The molecule has 0 saturated carbocycles. The van der Waals surface area contributed by atoms with Gasteiger partial charge in [-0.2, -0.15) is 5.10 Å². The molecule has 1 saturated heterocycles. The lowest BCUT2D eigenvalue weighted by Crippen LogP contribution is -2.50. The Labute approximate surface area is 94.2 Å². The molecule has 16 heavy (non-hydrogen) atoms. The van der Waals surface area contributed by atoms with Crippen LogP contribution in [0.2, 0.25) is 0 Å². The van der Waals surface area contributed by atoms with Crippen LogP contribution in [0.5, 0.6) is 0 Å². The first-order chi connectivity index (χ1) is 7.65. The highest BCUT2D eigenvalue weighted by Gasteiger charge is 2.52. The maximum Gasteiger partial charge on any atom is 0.207 e. The Balaban J connectivity index is 2.02. The highest BCUT2D eigenvalue weighted by Crippen LogP contribution is 2.46. The van der Waals surface area contributed by atoms with E-state index >= 15 is 0 Å². The summed E-state index contributed by atoms with van der Waals surface area (Å²) in [5.74, 6) is 0. The molecule has 3 heterocycles. The summed E-state index contributed by atoms with van der Waals surface area (Å²) in [6.07, 6.45) is 2.37. The number of nitrogens with two attached hydrogens (primary N) is 1. The van der Waals surface area contributed by atoms with Crippen LogP contribution in [0.15, 0.2) is 12.3 Å². The van der Waals surface area contributed by atoms with Gasteiger partial charge in [0.05, 0.1) is 6.04 Å². The highest BCUT2D eigenvalue weighted by atomic mass is 19.1. The average Bonchev–Trinajstić information content (AvgIpc) is 2.83. The van der Waals surface area contributed by atoms with Crippen LogP contribution in [0.4, 0.5) is 4.39 Å². The molecule has 1 aromatic rings. The second kappa shape index (κ2) is 3.28. The van der Waals surface area contributed by atoms with Crippen molar-refractivity contribution in [2.45, 2.75) is 30.6 Å². The third-order valence-electron chi connectivity index (χ3n) is 4.23. The van der Waals surface area contributed by atoms with E-state index < -0.39 is 12.3 Å². The molecule has 0 amide bonds. The number of piperidine rings is 1. The monoisotopic (exact) mass is 224 g/mol. The number of aromatic nitrogens is 2. The summed E-state index contributed by atoms with van der Waals surface area (Å²) in [5, 5.41) is 4.04. The molecule has 2 N–H and O–H groups in total. The first-order valence-corrected chi connectivity index (χ1v) is 5.77. The lowest BCUT2D eigenvalue weighted by molar-refractivity contribution is 0.125. The van der Waals surface area contributed by atoms with E-state index in [2.05, 4.69) is 17.0 Å². The van der Waals surface area contributed by atoms with Crippen LogP contribution < -0.4 is 5.73 Å². The Kier molecular flexibility index (Phi) is 2.09. The van der Waals surface area contributed by atoms with Gasteiger partial charge in [0.1, 0.15) is 0 Å². The Morgan fingerprint density at radius 3 is 2.88 bits per heavy atom. The van der Waals surface area contributed by atoms with Crippen LogP contribution in [-0.4, -0.2) is 40.9 Å². The molecule has 0 aromatic carbocycles. The van der Waals surface area contributed by atoms with E-state index in [9.17, 15) is 4.39 Å². The number of hydrogen-bond donors (Lipinski definition) is 1. The molecule has 2 aliphatic rings. The number of likely N-dealkylation sites (tertiary alicyclic amines) is 1. The first-order valence-electron chi connectivity index (χ1n) is 5.77. The van der Waals surface area contributed by atoms with Gasteiger partial charge in [0.15, 0.2) is 0 Å². The Bertz CT molecular complexity index is 394.